The third-order valence-corrected chi connectivity index (χ3v) is 5.38. The first kappa shape index (κ1) is 16.0. The maximum absolute atomic E-state index is 12.3. The van der Waals surface area contributed by atoms with E-state index in [1.807, 2.05) is 12.1 Å². The van der Waals surface area contributed by atoms with Crippen LogP contribution in [0.15, 0.2) is 41.2 Å². The van der Waals surface area contributed by atoms with Crippen LogP contribution in [-0.4, -0.2) is 27.4 Å². The summed E-state index contributed by atoms with van der Waals surface area (Å²) in [6.45, 7) is 1.17. The van der Waals surface area contributed by atoms with Gasteiger partial charge < -0.3 is 5.32 Å². The highest BCUT2D eigenvalue weighted by Gasteiger charge is 2.35. The van der Waals surface area contributed by atoms with Crippen LogP contribution in [0.3, 0.4) is 0 Å². The number of carbonyl (C=O) groups is 1. The molecule has 25 heavy (non-hydrogen) atoms. The van der Waals surface area contributed by atoms with Gasteiger partial charge in [0.25, 0.3) is 5.56 Å². The van der Waals surface area contributed by atoms with Crippen molar-refractivity contribution in [2.24, 2.45) is 17.8 Å². The lowest BCUT2D eigenvalue weighted by atomic mass is 9.93. The molecule has 4 rings (SSSR count). The SMILES string of the molecule is O=C(CCCn1nnc2ccccc2c1=O)NC[C@H]1C[C@@H]2C=C[C@H]1C2. The Kier molecular flexibility index (Phi) is 4.34. The smallest absolute Gasteiger partial charge is 0.277 e. The Morgan fingerprint density at radius 2 is 2.12 bits per heavy atom. The second-order valence-electron chi connectivity index (χ2n) is 7.08. The number of allylic oxidation sites excluding steroid dienone is 2. The number of rotatable bonds is 6. The van der Waals surface area contributed by atoms with Crippen LogP contribution >= 0.6 is 0 Å². The van der Waals surface area contributed by atoms with Crippen LogP contribution in [0.4, 0.5) is 0 Å². The minimum absolute atomic E-state index is 0.0496. The van der Waals surface area contributed by atoms with Crippen molar-refractivity contribution in [3.63, 3.8) is 0 Å². The molecule has 0 unspecified atom stereocenters. The molecule has 1 aromatic heterocycles. The number of nitrogens with zero attached hydrogens (tertiary/aromatic N) is 3. The van der Waals surface area contributed by atoms with Crippen LogP contribution in [0, 0.1) is 17.8 Å². The van der Waals surface area contributed by atoms with E-state index in [-0.39, 0.29) is 11.5 Å². The van der Waals surface area contributed by atoms with Crippen LogP contribution in [-0.2, 0) is 11.3 Å². The summed E-state index contributed by atoms with van der Waals surface area (Å²) >= 11 is 0. The van der Waals surface area contributed by atoms with Crippen molar-refractivity contribution in [1.82, 2.24) is 20.3 Å². The van der Waals surface area contributed by atoms with Gasteiger partial charge in [-0.3, -0.25) is 9.59 Å². The number of fused-ring (bicyclic) bond motifs is 3. The van der Waals surface area contributed by atoms with E-state index in [2.05, 4.69) is 27.8 Å². The second-order valence-corrected chi connectivity index (χ2v) is 7.08. The van der Waals surface area contributed by atoms with Gasteiger partial charge in [0.2, 0.25) is 5.91 Å². The number of aromatic nitrogens is 3. The van der Waals surface area contributed by atoms with Crippen molar-refractivity contribution < 1.29 is 4.79 Å². The zero-order chi connectivity index (χ0) is 17.2. The van der Waals surface area contributed by atoms with Crippen molar-refractivity contribution in [1.29, 1.82) is 0 Å². The maximum atomic E-state index is 12.3. The van der Waals surface area contributed by atoms with Gasteiger partial charge in [-0.25, -0.2) is 4.68 Å². The van der Waals surface area contributed by atoms with Crippen LogP contribution in [0.25, 0.3) is 10.9 Å². The van der Waals surface area contributed by atoms with Gasteiger partial charge in [0.05, 0.1) is 5.39 Å². The van der Waals surface area contributed by atoms with Gasteiger partial charge in [0, 0.05) is 19.5 Å². The lowest BCUT2D eigenvalue weighted by molar-refractivity contribution is -0.121. The maximum Gasteiger partial charge on any atom is 0.277 e. The molecular weight excluding hydrogens is 316 g/mol. The van der Waals surface area contributed by atoms with E-state index in [4.69, 9.17) is 0 Å². The predicted molar refractivity (Wildman–Crippen MR) is 94.9 cm³/mol. The van der Waals surface area contributed by atoms with E-state index in [9.17, 15) is 9.59 Å². The molecule has 2 aliphatic carbocycles. The Morgan fingerprint density at radius 3 is 2.92 bits per heavy atom. The number of hydrogen-bond donors (Lipinski definition) is 1. The van der Waals surface area contributed by atoms with Gasteiger partial charge in [-0.15, -0.1) is 5.10 Å². The molecule has 0 radical (unpaired) electrons. The third kappa shape index (κ3) is 3.34. The molecule has 2 bridgehead atoms. The number of carbonyl (C=O) groups excluding carboxylic acids is 1. The summed E-state index contributed by atoms with van der Waals surface area (Å²) < 4.78 is 1.34. The zero-order valence-corrected chi connectivity index (χ0v) is 14.1. The first-order chi connectivity index (χ1) is 12.2. The quantitative estimate of drug-likeness (QED) is 0.816. The molecule has 1 saturated carbocycles. The Labute approximate surface area is 145 Å². The predicted octanol–water partition coefficient (Wildman–Crippen LogP) is 1.90. The Bertz CT molecular complexity index is 873. The van der Waals surface area contributed by atoms with Crippen LogP contribution in [0.1, 0.15) is 25.7 Å². The van der Waals surface area contributed by atoms with Crippen LogP contribution in [0.5, 0.6) is 0 Å². The van der Waals surface area contributed by atoms with E-state index >= 15 is 0 Å². The molecule has 1 fully saturated rings. The summed E-state index contributed by atoms with van der Waals surface area (Å²) in [6.07, 6.45) is 8.04. The molecule has 1 amide bonds. The standard InChI is InChI=1S/C19H22N4O2/c24-18(20-12-15-11-13-7-8-14(15)10-13)6-3-9-23-19(25)16-4-1-2-5-17(16)21-22-23/h1-2,4-5,7-8,13-15H,3,6,9-12H2,(H,20,24)/t13-,14+,15-/m1/s1. The van der Waals surface area contributed by atoms with E-state index in [1.54, 1.807) is 12.1 Å². The summed E-state index contributed by atoms with van der Waals surface area (Å²) in [5.41, 5.74) is 0.446. The number of nitrogens with one attached hydrogen (secondary N) is 1. The van der Waals surface area contributed by atoms with Crippen molar-refractivity contribution in [3.05, 3.63) is 46.8 Å². The monoisotopic (exact) mass is 338 g/mol. The van der Waals surface area contributed by atoms with E-state index in [0.717, 1.165) is 12.5 Å². The zero-order valence-electron chi connectivity index (χ0n) is 14.1. The first-order valence-electron chi connectivity index (χ1n) is 8.98. The fourth-order valence-corrected chi connectivity index (χ4v) is 4.02. The minimum Gasteiger partial charge on any atom is -0.356 e. The molecule has 1 N–H and O–H groups in total. The number of benzene rings is 1. The molecular formula is C19H22N4O2. The summed E-state index contributed by atoms with van der Waals surface area (Å²) in [6, 6.07) is 7.16. The molecule has 6 nitrogen and oxygen atoms in total. The largest absolute Gasteiger partial charge is 0.356 e. The minimum atomic E-state index is -0.153. The van der Waals surface area contributed by atoms with Crippen molar-refractivity contribution in [3.8, 4) is 0 Å². The second kappa shape index (κ2) is 6.78. The Hall–Kier alpha value is -2.50. The summed E-state index contributed by atoms with van der Waals surface area (Å²) in [4.78, 5) is 24.4. The van der Waals surface area contributed by atoms with E-state index in [0.29, 0.717) is 42.1 Å². The third-order valence-electron chi connectivity index (χ3n) is 5.38. The molecule has 1 aromatic carbocycles. The van der Waals surface area contributed by atoms with Gasteiger partial charge in [-0.05, 0) is 49.1 Å². The molecule has 0 saturated heterocycles. The molecule has 0 aliphatic heterocycles. The van der Waals surface area contributed by atoms with Crippen LogP contribution < -0.4 is 10.9 Å². The van der Waals surface area contributed by atoms with Crippen molar-refractivity contribution >= 4 is 16.8 Å². The van der Waals surface area contributed by atoms with Crippen molar-refractivity contribution in [2.45, 2.75) is 32.2 Å². The topological polar surface area (TPSA) is 76.9 Å². The highest BCUT2D eigenvalue weighted by atomic mass is 16.1. The Morgan fingerprint density at radius 1 is 1.24 bits per heavy atom. The van der Waals surface area contributed by atoms with Gasteiger partial charge in [0.15, 0.2) is 0 Å². The lowest BCUT2D eigenvalue weighted by Crippen LogP contribution is -2.31. The van der Waals surface area contributed by atoms with Gasteiger partial charge in [-0.1, -0.05) is 29.5 Å². The molecule has 2 aliphatic rings. The molecule has 0 spiro atoms. The fraction of sp³-hybridized carbons (Fsp3) is 0.474. The molecule has 1 heterocycles. The average molecular weight is 338 g/mol. The summed E-state index contributed by atoms with van der Waals surface area (Å²) in [5.74, 6) is 2.02. The molecule has 2 aromatic rings. The number of hydrogen-bond acceptors (Lipinski definition) is 4. The van der Waals surface area contributed by atoms with Gasteiger partial charge in [0.1, 0.15) is 5.52 Å². The highest BCUT2D eigenvalue weighted by Crippen LogP contribution is 2.42. The van der Waals surface area contributed by atoms with E-state index < -0.39 is 0 Å². The van der Waals surface area contributed by atoms with Crippen molar-refractivity contribution in [2.75, 3.05) is 6.54 Å². The molecule has 3 atom stereocenters. The van der Waals surface area contributed by atoms with Crippen LogP contribution in [0.2, 0.25) is 0 Å². The number of amides is 1. The summed E-state index contributed by atoms with van der Waals surface area (Å²) in [7, 11) is 0. The molecule has 130 valence electrons. The van der Waals surface area contributed by atoms with Gasteiger partial charge in [-0.2, -0.15) is 0 Å². The number of aryl methyl sites for hydroxylation is 1. The van der Waals surface area contributed by atoms with E-state index in [1.165, 1.54) is 17.5 Å². The fourth-order valence-electron chi connectivity index (χ4n) is 4.02. The first-order valence-corrected chi connectivity index (χ1v) is 8.98. The highest BCUT2D eigenvalue weighted by molar-refractivity contribution is 5.76. The van der Waals surface area contributed by atoms with Gasteiger partial charge >= 0.3 is 0 Å². The average Bonchev–Trinajstić information content (AvgIpc) is 3.25. The lowest BCUT2D eigenvalue weighted by Gasteiger charge is -2.18. The molecule has 6 heteroatoms. The summed E-state index contributed by atoms with van der Waals surface area (Å²) in [5, 5.41) is 11.6. The Balaban J connectivity index is 1.26. The normalized spacial score (nSPS) is 24.1.